The summed E-state index contributed by atoms with van der Waals surface area (Å²) in [5.74, 6) is 0.680. The lowest BCUT2D eigenvalue weighted by Crippen LogP contribution is -2.39. The molecule has 1 amide bonds. The summed E-state index contributed by atoms with van der Waals surface area (Å²) in [6, 6.07) is 0. The lowest BCUT2D eigenvalue weighted by molar-refractivity contribution is -0.138. The number of hydrogen-bond donors (Lipinski definition) is 1. The van der Waals surface area contributed by atoms with Crippen LogP contribution in [0.25, 0.3) is 0 Å². The second-order valence-electron chi connectivity index (χ2n) is 3.69. The first-order chi connectivity index (χ1) is 6.29. The van der Waals surface area contributed by atoms with Crippen LogP contribution in [0.2, 0.25) is 0 Å². The van der Waals surface area contributed by atoms with Gasteiger partial charge in [0.2, 0.25) is 5.91 Å². The molecule has 0 aromatic heterocycles. The summed E-state index contributed by atoms with van der Waals surface area (Å²) in [6.07, 6.45) is 4.34. The van der Waals surface area contributed by atoms with Crippen LogP contribution in [-0.2, 0) is 4.79 Å². The fourth-order valence-corrected chi connectivity index (χ4v) is 1.62. The zero-order valence-electron chi connectivity index (χ0n) is 8.87. The summed E-state index contributed by atoms with van der Waals surface area (Å²) in [7, 11) is 0. The number of nitrogens with two attached hydrogens (primary N) is 1. The molecule has 0 atom stereocenters. The topological polar surface area (TPSA) is 46.3 Å². The standard InChI is InChI=1S/C10H20N2O.ClH/c1-2-12(8-4-7-11)10(13)9-5-3-6-9;/h9H,2-8,11H2,1H3;1H. The predicted octanol–water partition coefficient (Wildman–Crippen LogP) is 1.41. The van der Waals surface area contributed by atoms with Crippen LogP contribution in [0, 0.1) is 5.92 Å². The van der Waals surface area contributed by atoms with Crippen LogP contribution in [-0.4, -0.2) is 30.4 Å². The summed E-state index contributed by atoms with van der Waals surface area (Å²) < 4.78 is 0. The minimum atomic E-state index is 0. The zero-order chi connectivity index (χ0) is 9.68. The average Bonchev–Trinajstić information content (AvgIpc) is 2.02. The third-order valence-corrected chi connectivity index (χ3v) is 2.78. The molecular formula is C10H21ClN2O. The molecule has 0 unspecified atom stereocenters. The van der Waals surface area contributed by atoms with Gasteiger partial charge in [-0.3, -0.25) is 4.79 Å². The van der Waals surface area contributed by atoms with Crippen molar-refractivity contribution in [3.8, 4) is 0 Å². The van der Waals surface area contributed by atoms with Gasteiger partial charge < -0.3 is 10.6 Å². The van der Waals surface area contributed by atoms with E-state index in [9.17, 15) is 4.79 Å². The van der Waals surface area contributed by atoms with Crippen molar-refractivity contribution < 1.29 is 4.79 Å². The van der Waals surface area contributed by atoms with Crippen molar-refractivity contribution in [2.24, 2.45) is 11.7 Å². The number of carbonyl (C=O) groups excluding carboxylic acids is 1. The normalized spacial score (nSPS) is 15.6. The Hall–Kier alpha value is -0.280. The summed E-state index contributed by atoms with van der Waals surface area (Å²) in [5, 5.41) is 0. The highest BCUT2D eigenvalue weighted by molar-refractivity contribution is 5.85. The molecule has 4 heteroatoms. The maximum Gasteiger partial charge on any atom is 0.225 e. The Morgan fingerprint density at radius 3 is 2.50 bits per heavy atom. The molecule has 1 saturated carbocycles. The molecule has 0 aliphatic heterocycles. The lowest BCUT2D eigenvalue weighted by Gasteiger charge is -2.30. The SMILES string of the molecule is CCN(CCCN)C(=O)C1CCC1.Cl. The lowest BCUT2D eigenvalue weighted by atomic mass is 9.84. The van der Waals surface area contributed by atoms with Crippen LogP contribution < -0.4 is 5.73 Å². The van der Waals surface area contributed by atoms with Crippen molar-refractivity contribution >= 4 is 18.3 Å². The summed E-state index contributed by atoms with van der Waals surface area (Å²) in [5.41, 5.74) is 5.42. The molecule has 2 N–H and O–H groups in total. The molecule has 84 valence electrons. The van der Waals surface area contributed by atoms with E-state index in [1.165, 1.54) is 6.42 Å². The first kappa shape index (κ1) is 13.7. The van der Waals surface area contributed by atoms with Gasteiger partial charge in [0.25, 0.3) is 0 Å². The van der Waals surface area contributed by atoms with Crippen LogP contribution >= 0.6 is 12.4 Å². The first-order valence-electron chi connectivity index (χ1n) is 5.28. The van der Waals surface area contributed by atoms with Crippen LogP contribution in [0.15, 0.2) is 0 Å². The molecule has 0 heterocycles. The number of rotatable bonds is 5. The third-order valence-electron chi connectivity index (χ3n) is 2.78. The van der Waals surface area contributed by atoms with Crippen molar-refractivity contribution in [1.29, 1.82) is 0 Å². The van der Waals surface area contributed by atoms with Gasteiger partial charge in [0, 0.05) is 19.0 Å². The monoisotopic (exact) mass is 220 g/mol. The summed E-state index contributed by atoms with van der Waals surface area (Å²) in [6.45, 7) is 4.37. The molecule has 1 rings (SSSR count). The highest BCUT2D eigenvalue weighted by Crippen LogP contribution is 2.28. The first-order valence-corrected chi connectivity index (χ1v) is 5.28. The summed E-state index contributed by atoms with van der Waals surface area (Å²) in [4.78, 5) is 13.7. The van der Waals surface area contributed by atoms with E-state index in [-0.39, 0.29) is 12.4 Å². The quantitative estimate of drug-likeness (QED) is 0.762. The minimum Gasteiger partial charge on any atom is -0.343 e. The van der Waals surface area contributed by atoms with Crippen LogP contribution in [0.1, 0.15) is 32.6 Å². The van der Waals surface area contributed by atoms with Gasteiger partial charge >= 0.3 is 0 Å². The molecule has 0 spiro atoms. The summed E-state index contributed by atoms with van der Waals surface area (Å²) >= 11 is 0. The van der Waals surface area contributed by atoms with Gasteiger partial charge in [-0.25, -0.2) is 0 Å². The highest BCUT2D eigenvalue weighted by Gasteiger charge is 2.28. The average molecular weight is 221 g/mol. The number of halogens is 1. The van der Waals surface area contributed by atoms with E-state index in [0.717, 1.165) is 32.4 Å². The van der Waals surface area contributed by atoms with Gasteiger partial charge in [0.1, 0.15) is 0 Å². The van der Waals surface area contributed by atoms with E-state index < -0.39 is 0 Å². The Kier molecular flexibility index (Phi) is 6.93. The van der Waals surface area contributed by atoms with Crippen molar-refractivity contribution in [1.82, 2.24) is 4.90 Å². The Bertz CT molecular complexity index is 172. The van der Waals surface area contributed by atoms with E-state index in [0.29, 0.717) is 18.4 Å². The Morgan fingerprint density at radius 2 is 2.14 bits per heavy atom. The van der Waals surface area contributed by atoms with Gasteiger partial charge in [-0.05, 0) is 32.7 Å². The molecule has 1 aliphatic carbocycles. The second kappa shape index (κ2) is 7.07. The zero-order valence-corrected chi connectivity index (χ0v) is 9.68. The van der Waals surface area contributed by atoms with Crippen LogP contribution in [0.5, 0.6) is 0 Å². The minimum absolute atomic E-state index is 0. The molecular weight excluding hydrogens is 200 g/mol. The number of nitrogens with zero attached hydrogens (tertiary/aromatic N) is 1. The van der Waals surface area contributed by atoms with Crippen molar-refractivity contribution in [3.63, 3.8) is 0 Å². The molecule has 1 fully saturated rings. The van der Waals surface area contributed by atoms with Gasteiger partial charge in [-0.2, -0.15) is 0 Å². The number of hydrogen-bond acceptors (Lipinski definition) is 2. The van der Waals surface area contributed by atoms with Crippen LogP contribution in [0.3, 0.4) is 0 Å². The largest absolute Gasteiger partial charge is 0.343 e. The van der Waals surface area contributed by atoms with E-state index >= 15 is 0 Å². The number of amides is 1. The van der Waals surface area contributed by atoms with Gasteiger partial charge in [0.05, 0.1) is 0 Å². The van der Waals surface area contributed by atoms with Crippen LogP contribution in [0.4, 0.5) is 0 Å². The van der Waals surface area contributed by atoms with E-state index in [4.69, 9.17) is 5.73 Å². The predicted molar refractivity (Wildman–Crippen MR) is 60.5 cm³/mol. The molecule has 0 aromatic rings. The Morgan fingerprint density at radius 1 is 1.50 bits per heavy atom. The van der Waals surface area contributed by atoms with E-state index in [1.807, 2.05) is 11.8 Å². The second-order valence-corrected chi connectivity index (χ2v) is 3.69. The third kappa shape index (κ3) is 3.46. The number of carbonyl (C=O) groups is 1. The molecule has 14 heavy (non-hydrogen) atoms. The van der Waals surface area contributed by atoms with Gasteiger partial charge in [-0.15, -0.1) is 12.4 Å². The highest BCUT2D eigenvalue weighted by atomic mass is 35.5. The fourth-order valence-electron chi connectivity index (χ4n) is 1.62. The molecule has 0 saturated heterocycles. The smallest absolute Gasteiger partial charge is 0.225 e. The molecule has 0 bridgehead atoms. The maximum absolute atomic E-state index is 11.7. The molecule has 0 aromatic carbocycles. The maximum atomic E-state index is 11.7. The molecule has 1 aliphatic rings. The molecule has 0 radical (unpaired) electrons. The van der Waals surface area contributed by atoms with Gasteiger partial charge in [0.15, 0.2) is 0 Å². The van der Waals surface area contributed by atoms with Crippen molar-refractivity contribution in [2.75, 3.05) is 19.6 Å². The Balaban J connectivity index is 0.00000169. The van der Waals surface area contributed by atoms with Crippen molar-refractivity contribution in [3.05, 3.63) is 0 Å². The fraction of sp³-hybridized carbons (Fsp3) is 0.900. The Labute approximate surface area is 92.4 Å². The van der Waals surface area contributed by atoms with E-state index in [2.05, 4.69) is 0 Å². The van der Waals surface area contributed by atoms with E-state index in [1.54, 1.807) is 0 Å². The van der Waals surface area contributed by atoms with Gasteiger partial charge in [-0.1, -0.05) is 6.42 Å². The molecule has 3 nitrogen and oxygen atoms in total. The van der Waals surface area contributed by atoms with Crippen molar-refractivity contribution in [2.45, 2.75) is 32.6 Å².